The lowest BCUT2D eigenvalue weighted by molar-refractivity contribution is -0.128. The van der Waals surface area contributed by atoms with E-state index in [0.717, 1.165) is 32.1 Å². The lowest BCUT2D eigenvalue weighted by Gasteiger charge is -2.36. The number of esters is 1. The number of rotatable bonds is 7. The molecule has 26 heavy (non-hydrogen) atoms. The Morgan fingerprint density at radius 3 is 2.46 bits per heavy atom. The SMILES string of the molecule is CCCCNC(=O)C1(NC(=O)c2cccc(C(=O)OC)c2)CCCCC1. The Bertz CT molecular complexity index is 651. The summed E-state index contributed by atoms with van der Waals surface area (Å²) in [5.74, 6) is -0.948. The van der Waals surface area contributed by atoms with Gasteiger partial charge in [-0.2, -0.15) is 0 Å². The average Bonchev–Trinajstić information content (AvgIpc) is 2.68. The average molecular weight is 360 g/mol. The normalized spacial score (nSPS) is 15.8. The summed E-state index contributed by atoms with van der Waals surface area (Å²) >= 11 is 0. The number of hydrogen-bond acceptors (Lipinski definition) is 4. The van der Waals surface area contributed by atoms with E-state index >= 15 is 0 Å². The molecule has 2 rings (SSSR count). The molecular formula is C20H28N2O4. The van der Waals surface area contributed by atoms with Gasteiger partial charge in [-0.25, -0.2) is 4.79 Å². The topological polar surface area (TPSA) is 84.5 Å². The zero-order valence-electron chi connectivity index (χ0n) is 15.6. The van der Waals surface area contributed by atoms with Crippen LogP contribution < -0.4 is 10.6 Å². The molecule has 2 N–H and O–H groups in total. The van der Waals surface area contributed by atoms with Crippen molar-refractivity contribution in [3.8, 4) is 0 Å². The van der Waals surface area contributed by atoms with Crippen molar-refractivity contribution < 1.29 is 19.1 Å². The van der Waals surface area contributed by atoms with E-state index in [9.17, 15) is 14.4 Å². The van der Waals surface area contributed by atoms with Crippen LogP contribution in [0, 0.1) is 0 Å². The lowest BCUT2D eigenvalue weighted by atomic mass is 9.80. The van der Waals surface area contributed by atoms with E-state index in [-0.39, 0.29) is 11.8 Å². The number of nitrogens with one attached hydrogen (secondary N) is 2. The molecule has 6 nitrogen and oxygen atoms in total. The van der Waals surface area contributed by atoms with Crippen molar-refractivity contribution in [1.82, 2.24) is 10.6 Å². The highest BCUT2D eigenvalue weighted by molar-refractivity contribution is 6.01. The minimum Gasteiger partial charge on any atom is -0.465 e. The van der Waals surface area contributed by atoms with Gasteiger partial charge in [0.25, 0.3) is 5.91 Å². The third kappa shape index (κ3) is 4.84. The summed E-state index contributed by atoms with van der Waals surface area (Å²) in [6, 6.07) is 6.35. The Balaban J connectivity index is 2.16. The van der Waals surface area contributed by atoms with Crippen LogP contribution in [0.2, 0.25) is 0 Å². The largest absolute Gasteiger partial charge is 0.465 e. The first-order chi connectivity index (χ1) is 12.5. The standard InChI is InChI=1S/C20H28N2O4/c1-3-4-13-21-19(25)20(11-6-5-7-12-20)22-17(23)15-9-8-10-16(14-15)18(24)26-2/h8-10,14H,3-7,11-13H2,1-2H3,(H,21,25)(H,22,23). The first-order valence-electron chi connectivity index (χ1n) is 9.31. The predicted octanol–water partition coefficient (Wildman–Crippen LogP) is 2.82. The van der Waals surface area contributed by atoms with Gasteiger partial charge in [0.2, 0.25) is 5.91 Å². The Kier molecular flexibility index (Phi) is 7.18. The molecule has 0 spiro atoms. The highest BCUT2D eigenvalue weighted by atomic mass is 16.5. The van der Waals surface area contributed by atoms with Crippen molar-refractivity contribution >= 4 is 17.8 Å². The first-order valence-corrected chi connectivity index (χ1v) is 9.31. The maximum Gasteiger partial charge on any atom is 0.337 e. The quantitative estimate of drug-likeness (QED) is 0.578. The molecule has 0 aliphatic heterocycles. The molecule has 1 saturated carbocycles. The van der Waals surface area contributed by atoms with Crippen LogP contribution in [-0.2, 0) is 9.53 Å². The Hall–Kier alpha value is -2.37. The third-order valence-electron chi connectivity index (χ3n) is 4.86. The number of ether oxygens (including phenoxy) is 1. The van der Waals surface area contributed by atoms with Gasteiger partial charge in [0, 0.05) is 12.1 Å². The van der Waals surface area contributed by atoms with Crippen LogP contribution in [0.3, 0.4) is 0 Å². The number of hydrogen-bond donors (Lipinski definition) is 2. The fourth-order valence-electron chi connectivity index (χ4n) is 3.31. The summed E-state index contributed by atoms with van der Waals surface area (Å²) in [6.45, 7) is 2.68. The van der Waals surface area contributed by atoms with E-state index in [1.807, 2.05) is 0 Å². The van der Waals surface area contributed by atoms with Crippen molar-refractivity contribution in [2.75, 3.05) is 13.7 Å². The van der Waals surface area contributed by atoms with Gasteiger partial charge in [-0.3, -0.25) is 9.59 Å². The number of methoxy groups -OCH3 is 1. The molecule has 1 aromatic carbocycles. The van der Waals surface area contributed by atoms with Gasteiger partial charge >= 0.3 is 5.97 Å². The maximum absolute atomic E-state index is 12.8. The predicted molar refractivity (Wildman–Crippen MR) is 99.0 cm³/mol. The highest BCUT2D eigenvalue weighted by Crippen LogP contribution is 2.29. The molecular weight excluding hydrogens is 332 g/mol. The summed E-state index contributed by atoms with van der Waals surface area (Å²) in [6.07, 6.45) is 6.06. The number of unbranched alkanes of at least 4 members (excludes halogenated alkanes) is 1. The van der Waals surface area contributed by atoms with E-state index in [1.165, 1.54) is 13.2 Å². The van der Waals surface area contributed by atoms with E-state index < -0.39 is 11.5 Å². The first kappa shape index (κ1) is 19.9. The minimum atomic E-state index is -0.871. The molecule has 1 aliphatic carbocycles. The number of carbonyl (C=O) groups is 3. The van der Waals surface area contributed by atoms with Crippen molar-refractivity contribution in [3.05, 3.63) is 35.4 Å². The zero-order valence-corrected chi connectivity index (χ0v) is 15.6. The molecule has 0 bridgehead atoms. The van der Waals surface area contributed by atoms with Crippen molar-refractivity contribution in [1.29, 1.82) is 0 Å². The van der Waals surface area contributed by atoms with Crippen molar-refractivity contribution in [3.63, 3.8) is 0 Å². The fourth-order valence-corrected chi connectivity index (χ4v) is 3.31. The second-order valence-electron chi connectivity index (χ2n) is 6.78. The number of amides is 2. The highest BCUT2D eigenvalue weighted by Gasteiger charge is 2.40. The van der Waals surface area contributed by atoms with Crippen LogP contribution in [0.25, 0.3) is 0 Å². The van der Waals surface area contributed by atoms with Gasteiger partial charge in [-0.05, 0) is 37.5 Å². The summed E-state index contributed by atoms with van der Waals surface area (Å²) in [4.78, 5) is 37.2. The van der Waals surface area contributed by atoms with E-state index in [4.69, 9.17) is 4.74 Å². The summed E-state index contributed by atoms with van der Waals surface area (Å²) in [5, 5.41) is 5.92. The van der Waals surface area contributed by atoms with E-state index in [2.05, 4.69) is 17.6 Å². The van der Waals surface area contributed by atoms with Crippen LogP contribution in [0.5, 0.6) is 0 Å². The summed E-state index contributed by atoms with van der Waals surface area (Å²) < 4.78 is 4.70. The Morgan fingerprint density at radius 2 is 1.81 bits per heavy atom. The maximum atomic E-state index is 12.8. The molecule has 0 aromatic heterocycles. The molecule has 1 aromatic rings. The molecule has 142 valence electrons. The molecule has 1 fully saturated rings. The Morgan fingerprint density at radius 1 is 1.12 bits per heavy atom. The van der Waals surface area contributed by atoms with Crippen LogP contribution >= 0.6 is 0 Å². The lowest BCUT2D eigenvalue weighted by Crippen LogP contribution is -2.59. The van der Waals surface area contributed by atoms with Gasteiger partial charge < -0.3 is 15.4 Å². The second kappa shape index (κ2) is 9.36. The van der Waals surface area contributed by atoms with Crippen molar-refractivity contribution in [2.24, 2.45) is 0 Å². The van der Waals surface area contributed by atoms with Crippen LogP contribution in [0.15, 0.2) is 24.3 Å². The number of carbonyl (C=O) groups excluding carboxylic acids is 3. The van der Waals surface area contributed by atoms with E-state index in [0.29, 0.717) is 30.5 Å². The molecule has 2 amide bonds. The number of benzene rings is 1. The smallest absolute Gasteiger partial charge is 0.337 e. The Labute approximate surface area is 154 Å². The van der Waals surface area contributed by atoms with Gasteiger partial charge in [0.05, 0.1) is 12.7 Å². The molecule has 6 heteroatoms. The molecule has 0 heterocycles. The molecule has 0 radical (unpaired) electrons. The van der Waals surface area contributed by atoms with Crippen LogP contribution in [0.4, 0.5) is 0 Å². The monoisotopic (exact) mass is 360 g/mol. The van der Waals surface area contributed by atoms with Crippen LogP contribution in [-0.4, -0.2) is 37.0 Å². The summed E-state index contributed by atoms with van der Waals surface area (Å²) in [7, 11) is 1.30. The van der Waals surface area contributed by atoms with Crippen LogP contribution in [0.1, 0.15) is 72.6 Å². The van der Waals surface area contributed by atoms with Gasteiger partial charge in [0.1, 0.15) is 5.54 Å². The summed E-state index contributed by atoms with van der Waals surface area (Å²) in [5.41, 5.74) is -0.214. The van der Waals surface area contributed by atoms with Crippen molar-refractivity contribution in [2.45, 2.75) is 57.4 Å². The van der Waals surface area contributed by atoms with Gasteiger partial charge in [0.15, 0.2) is 0 Å². The molecule has 0 atom stereocenters. The second-order valence-corrected chi connectivity index (χ2v) is 6.78. The van der Waals surface area contributed by atoms with Gasteiger partial charge in [-0.1, -0.05) is 38.7 Å². The third-order valence-corrected chi connectivity index (χ3v) is 4.86. The fraction of sp³-hybridized carbons (Fsp3) is 0.550. The zero-order chi connectivity index (χ0) is 19.0. The van der Waals surface area contributed by atoms with Gasteiger partial charge in [-0.15, -0.1) is 0 Å². The molecule has 0 saturated heterocycles. The molecule has 1 aliphatic rings. The van der Waals surface area contributed by atoms with E-state index in [1.54, 1.807) is 18.2 Å². The molecule has 0 unspecified atom stereocenters. The minimum absolute atomic E-state index is 0.108.